The number of nitrogens with zero attached hydrogens (tertiary/aromatic N) is 4. The van der Waals surface area contributed by atoms with Crippen molar-refractivity contribution in [3.8, 4) is 16.9 Å². The van der Waals surface area contributed by atoms with Crippen LogP contribution >= 0.6 is 0 Å². The van der Waals surface area contributed by atoms with Crippen LogP contribution in [0.2, 0.25) is 0 Å². The standard InChI is InChI=1S/C22H28N2O.C12H14F3N3O/c1-5-15(3)11-12-25-22-10-8-18(13-17(22)6-2)19-7-9-20-21(14-19)24-16(4)23-20;1-9(19)17-4-6-18(7-5-17)11-3-2-10(8-16-11)12(13,14)15/h7-10,13-15H,5-6,11-12H2,1-4H3,(H,23,24);2-3,8H,4-7H2,1H3. The number of aromatic nitrogens is 3. The molecule has 4 aromatic rings. The number of imidazole rings is 1. The third-order valence-corrected chi connectivity index (χ3v) is 8.06. The third-order valence-electron chi connectivity index (χ3n) is 8.06. The molecule has 2 aromatic heterocycles. The number of H-pyrrole nitrogens is 1. The Morgan fingerprint density at radius 3 is 2.34 bits per heavy atom. The quantitative estimate of drug-likeness (QED) is 0.222. The zero-order valence-corrected chi connectivity index (χ0v) is 26.2. The number of rotatable bonds is 8. The highest BCUT2D eigenvalue weighted by Gasteiger charge is 2.31. The molecule has 0 aliphatic carbocycles. The minimum Gasteiger partial charge on any atom is -0.493 e. The van der Waals surface area contributed by atoms with E-state index in [0.29, 0.717) is 37.9 Å². The number of fused-ring (bicyclic) bond motifs is 1. The first-order valence-electron chi connectivity index (χ1n) is 15.2. The first-order valence-corrected chi connectivity index (χ1v) is 15.2. The van der Waals surface area contributed by atoms with Gasteiger partial charge in [-0.3, -0.25) is 4.79 Å². The molecule has 1 saturated heterocycles. The van der Waals surface area contributed by atoms with Crippen LogP contribution in [0.25, 0.3) is 22.2 Å². The van der Waals surface area contributed by atoms with E-state index in [4.69, 9.17) is 4.74 Å². The Morgan fingerprint density at radius 1 is 1.02 bits per heavy atom. The van der Waals surface area contributed by atoms with E-state index in [2.05, 4.69) is 72.1 Å². The van der Waals surface area contributed by atoms with Crippen molar-refractivity contribution in [1.29, 1.82) is 0 Å². The summed E-state index contributed by atoms with van der Waals surface area (Å²) in [7, 11) is 0. The fourth-order valence-electron chi connectivity index (χ4n) is 5.06. The van der Waals surface area contributed by atoms with Gasteiger partial charge in [-0.2, -0.15) is 13.2 Å². The van der Waals surface area contributed by atoms with Crippen LogP contribution in [0, 0.1) is 12.8 Å². The fourth-order valence-corrected chi connectivity index (χ4v) is 5.06. The topological polar surface area (TPSA) is 74.4 Å². The summed E-state index contributed by atoms with van der Waals surface area (Å²) in [5.74, 6) is 3.21. The number of aromatic amines is 1. The van der Waals surface area contributed by atoms with Crippen molar-refractivity contribution in [2.24, 2.45) is 5.92 Å². The lowest BCUT2D eigenvalue weighted by Crippen LogP contribution is -2.48. The highest BCUT2D eigenvalue weighted by Crippen LogP contribution is 2.30. The van der Waals surface area contributed by atoms with Crippen molar-refractivity contribution in [1.82, 2.24) is 19.9 Å². The van der Waals surface area contributed by atoms with Gasteiger partial charge in [-0.25, -0.2) is 9.97 Å². The molecule has 1 aliphatic rings. The highest BCUT2D eigenvalue weighted by molar-refractivity contribution is 5.82. The molecule has 1 N–H and O–H groups in total. The second-order valence-corrected chi connectivity index (χ2v) is 11.3. The minimum absolute atomic E-state index is 0.0139. The number of amides is 1. The molecule has 0 spiro atoms. The fraction of sp³-hybridized carbons (Fsp3) is 0.441. The zero-order chi connectivity index (χ0) is 31.9. The largest absolute Gasteiger partial charge is 0.493 e. The van der Waals surface area contributed by atoms with E-state index in [1.165, 1.54) is 36.1 Å². The lowest BCUT2D eigenvalue weighted by molar-refractivity contribution is -0.137. The summed E-state index contributed by atoms with van der Waals surface area (Å²) < 4.78 is 43.3. The Labute approximate surface area is 257 Å². The van der Waals surface area contributed by atoms with Gasteiger partial charge in [0.2, 0.25) is 5.91 Å². The van der Waals surface area contributed by atoms with Crippen LogP contribution in [-0.4, -0.2) is 58.5 Å². The predicted octanol–water partition coefficient (Wildman–Crippen LogP) is 7.68. The van der Waals surface area contributed by atoms with Gasteiger partial charge in [0.1, 0.15) is 17.4 Å². The molecule has 1 amide bonds. The van der Waals surface area contributed by atoms with Gasteiger partial charge in [0.15, 0.2) is 0 Å². The number of piperazine rings is 1. The molecule has 0 bridgehead atoms. The summed E-state index contributed by atoms with van der Waals surface area (Å²) in [5, 5.41) is 0. The first-order chi connectivity index (χ1) is 21.0. The van der Waals surface area contributed by atoms with Gasteiger partial charge in [-0.15, -0.1) is 0 Å². The average molecular weight is 610 g/mol. The molecule has 1 fully saturated rings. The van der Waals surface area contributed by atoms with Gasteiger partial charge in [-0.1, -0.05) is 39.3 Å². The number of anilines is 1. The lowest BCUT2D eigenvalue weighted by Gasteiger charge is -2.34. The first kappa shape index (κ1) is 32.8. The Hall–Kier alpha value is -4.08. The third kappa shape index (κ3) is 8.51. The summed E-state index contributed by atoms with van der Waals surface area (Å²) in [6, 6.07) is 15.3. The van der Waals surface area contributed by atoms with Crippen LogP contribution < -0.4 is 9.64 Å². The monoisotopic (exact) mass is 609 g/mol. The number of halogens is 3. The summed E-state index contributed by atoms with van der Waals surface area (Å²) in [4.78, 5) is 26.4. The molecule has 0 saturated carbocycles. The number of benzene rings is 2. The van der Waals surface area contributed by atoms with Crippen LogP contribution in [0.3, 0.4) is 0 Å². The molecular weight excluding hydrogens is 567 g/mol. The maximum atomic E-state index is 12.4. The van der Waals surface area contributed by atoms with E-state index in [1.807, 2.05) is 11.8 Å². The summed E-state index contributed by atoms with van der Waals surface area (Å²) in [6.45, 7) is 13.3. The molecule has 1 atom stereocenters. The van der Waals surface area contributed by atoms with Crippen molar-refractivity contribution in [2.75, 3.05) is 37.7 Å². The van der Waals surface area contributed by atoms with E-state index in [-0.39, 0.29) is 5.91 Å². The van der Waals surface area contributed by atoms with Crippen LogP contribution in [0.1, 0.15) is 57.5 Å². The summed E-state index contributed by atoms with van der Waals surface area (Å²) in [6.07, 6.45) is -0.237. The Morgan fingerprint density at radius 2 is 1.73 bits per heavy atom. The van der Waals surface area contributed by atoms with Crippen molar-refractivity contribution >= 4 is 22.8 Å². The Bertz CT molecular complexity index is 1530. The van der Waals surface area contributed by atoms with Crippen LogP contribution in [0.15, 0.2) is 54.7 Å². The van der Waals surface area contributed by atoms with E-state index in [0.717, 1.165) is 54.3 Å². The molecule has 10 heteroatoms. The van der Waals surface area contributed by atoms with Crippen LogP contribution in [0.5, 0.6) is 5.75 Å². The number of alkyl halides is 3. The number of nitrogens with one attached hydrogen (secondary N) is 1. The van der Waals surface area contributed by atoms with Crippen molar-refractivity contribution in [2.45, 2.75) is 60.1 Å². The second-order valence-electron chi connectivity index (χ2n) is 11.3. The SMILES string of the molecule is CC(=O)N1CCN(c2ccc(C(F)(F)F)cn2)CC1.CCc1cc(-c2ccc3nc(C)[nH]c3c2)ccc1OCCC(C)CC. The molecule has 7 nitrogen and oxygen atoms in total. The normalized spacial score (nSPS) is 14.3. The van der Waals surface area contributed by atoms with Crippen molar-refractivity contribution in [3.63, 3.8) is 0 Å². The predicted molar refractivity (Wildman–Crippen MR) is 169 cm³/mol. The molecule has 1 aliphatic heterocycles. The van der Waals surface area contributed by atoms with E-state index in [9.17, 15) is 18.0 Å². The Balaban J connectivity index is 0.000000209. The summed E-state index contributed by atoms with van der Waals surface area (Å²) in [5.41, 5.74) is 5.04. The molecule has 5 rings (SSSR count). The van der Waals surface area contributed by atoms with Crippen molar-refractivity contribution < 1.29 is 22.7 Å². The van der Waals surface area contributed by atoms with Crippen LogP contribution in [0.4, 0.5) is 19.0 Å². The molecule has 0 radical (unpaired) electrons. The number of ether oxygens (including phenoxy) is 1. The maximum absolute atomic E-state index is 12.4. The molecular formula is C34H42F3N5O2. The smallest absolute Gasteiger partial charge is 0.417 e. The molecule has 44 heavy (non-hydrogen) atoms. The zero-order valence-electron chi connectivity index (χ0n) is 26.2. The number of carbonyl (C=O) groups is 1. The lowest BCUT2D eigenvalue weighted by atomic mass is 10.0. The summed E-state index contributed by atoms with van der Waals surface area (Å²) >= 11 is 0. The molecule has 2 aromatic carbocycles. The number of carbonyl (C=O) groups excluding carboxylic acids is 1. The van der Waals surface area contributed by atoms with Gasteiger partial charge < -0.3 is 19.5 Å². The van der Waals surface area contributed by atoms with E-state index in [1.54, 1.807) is 4.90 Å². The number of aryl methyl sites for hydroxylation is 2. The second kappa shape index (κ2) is 14.6. The van der Waals surface area contributed by atoms with E-state index < -0.39 is 11.7 Å². The minimum atomic E-state index is -4.36. The highest BCUT2D eigenvalue weighted by atomic mass is 19.4. The number of hydrogen-bond acceptors (Lipinski definition) is 5. The molecule has 1 unspecified atom stereocenters. The average Bonchev–Trinajstić information content (AvgIpc) is 3.40. The Kier molecular flexibility index (Phi) is 10.9. The van der Waals surface area contributed by atoms with Crippen LogP contribution in [-0.2, 0) is 17.4 Å². The van der Waals surface area contributed by atoms with E-state index >= 15 is 0 Å². The maximum Gasteiger partial charge on any atom is 0.417 e. The molecule has 236 valence electrons. The number of pyridine rings is 1. The molecule has 3 heterocycles. The van der Waals surface area contributed by atoms with Gasteiger partial charge in [-0.05, 0) is 78.8 Å². The van der Waals surface area contributed by atoms with Gasteiger partial charge in [0, 0.05) is 39.3 Å². The van der Waals surface area contributed by atoms with Gasteiger partial charge in [0.05, 0.1) is 23.2 Å². The number of hydrogen-bond donors (Lipinski definition) is 1. The van der Waals surface area contributed by atoms with Crippen molar-refractivity contribution in [3.05, 3.63) is 71.7 Å². The van der Waals surface area contributed by atoms with Gasteiger partial charge >= 0.3 is 6.18 Å². The van der Waals surface area contributed by atoms with Gasteiger partial charge in [0.25, 0.3) is 0 Å².